The molecule has 1 aliphatic heterocycles. The first-order valence-electron chi connectivity index (χ1n) is 6.73. The van der Waals surface area contributed by atoms with E-state index in [-0.39, 0.29) is 24.5 Å². The van der Waals surface area contributed by atoms with E-state index in [2.05, 4.69) is 0 Å². The summed E-state index contributed by atoms with van der Waals surface area (Å²) in [6.07, 6.45) is -0.687. The maximum absolute atomic E-state index is 12.6. The Bertz CT molecular complexity index is 667. The van der Waals surface area contributed by atoms with Crippen LogP contribution < -0.4 is 0 Å². The minimum atomic E-state index is -4.06. The van der Waals surface area contributed by atoms with Gasteiger partial charge in [-0.2, -0.15) is 4.31 Å². The Morgan fingerprint density at radius 2 is 2.00 bits per heavy atom. The molecule has 1 amide bonds. The standard InChI is InChI=1S/C14H17NO6S/c1-10-3-5-13(6-4-10)22(18,19)15-12(9-21-11(2)16)7-8-20-14(15)17/h3-6,12H,7-9H2,1-2H3. The lowest BCUT2D eigenvalue weighted by molar-refractivity contribution is -0.142. The molecule has 1 saturated heterocycles. The largest absolute Gasteiger partial charge is 0.464 e. The predicted octanol–water partition coefficient (Wildman–Crippen LogP) is 1.46. The Kier molecular flexibility index (Phi) is 4.70. The molecule has 0 spiro atoms. The average molecular weight is 327 g/mol. The number of hydrogen-bond donors (Lipinski definition) is 0. The second-order valence-electron chi connectivity index (χ2n) is 4.97. The van der Waals surface area contributed by atoms with E-state index in [1.54, 1.807) is 12.1 Å². The molecular formula is C14H17NO6S. The molecule has 0 N–H and O–H groups in total. The number of amides is 1. The number of carbonyl (C=O) groups is 2. The number of hydrogen-bond acceptors (Lipinski definition) is 6. The normalized spacial score (nSPS) is 18.7. The molecule has 1 aromatic carbocycles. The lowest BCUT2D eigenvalue weighted by Gasteiger charge is -2.33. The van der Waals surface area contributed by atoms with Gasteiger partial charge in [-0.05, 0) is 19.1 Å². The van der Waals surface area contributed by atoms with E-state index in [0.29, 0.717) is 4.31 Å². The van der Waals surface area contributed by atoms with E-state index < -0.39 is 28.1 Å². The molecule has 1 unspecified atom stereocenters. The van der Waals surface area contributed by atoms with Crippen molar-refractivity contribution in [1.82, 2.24) is 4.31 Å². The molecule has 120 valence electrons. The van der Waals surface area contributed by atoms with E-state index in [1.165, 1.54) is 19.1 Å². The van der Waals surface area contributed by atoms with Gasteiger partial charge in [0.2, 0.25) is 0 Å². The first-order valence-corrected chi connectivity index (χ1v) is 8.17. The van der Waals surface area contributed by atoms with Gasteiger partial charge in [0.15, 0.2) is 0 Å². The third-order valence-corrected chi connectivity index (χ3v) is 5.08. The third kappa shape index (κ3) is 3.38. The topological polar surface area (TPSA) is 90.0 Å². The van der Waals surface area contributed by atoms with E-state index >= 15 is 0 Å². The highest BCUT2D eigenvalue weighted by Gasteiger charge is 2.40. The van der Waals surface area contributed by atoms with E-state index in [0.717, 1.165) is 5.56 Å². The number of carbonyl (C=O) groups excluding carboxylic acids is 2. The Balaban J connectivity index is 2.33. The van der Waals surface area contributed by atoms with Crippen molar-refractivity contribution in [2.75, 3.05) is 13.2 Å². The molecule has 22 heavy (non-hydrogen) atoms. The lowest BCUT2D eigenvalue weighted by atomic mass is 10.2. The van der Waals surface area contributed by atoms with Crippen molar-refractivity contribution in [3.63, 3.8) is 0 Å². The van der Waals surface area contributed by atoms with Crippen LogP contribution in [0, 0.1) is 6.92 Å². The molecule has 0 saturated carbocycles. The van der Waals surface area contributed by atoms with Crippen LogP contribution in [0.5, 0.6) is 0 Å². The number of nitrogens with zero attached hydrogens (tertiary/aromatic N) is 1. The monoisotopic (exact) mass is 327 g/mol. The van der Waals surface area contributed by atoms with Crippen LogP contribution in [0.1, 0.15) is 18.9 Å². The van der Waals surface area contributed by atoms with Gasteiger partial charge < -0.3 is 9.47 Å². The quantitative estimate of drug-likeness (QED) is 0.778. The van der Waals surface area contributed by atoms with Gasteiger partial charge >= 0.3 is 12.1 Å². The number of benzene rings is 1. The molecule has 0 aliphatic carbocycles. The highest BCUT2D eigenvalue weighted by molar-refractivity contribution is 7.89. The summed E-state index contributed by atoms with van der Waals surface area (Å²) in [5.41, 5.74) is 0.900. The smallest absolute Gasteiger partial charge is 0.424 e. The van der Waals surface area contributed by atoms with Crippen molar-refractivity contribution in [1.29, 1.82) is 0 Å². The molecule has 8 heteroatoms. The zero-order valence-electron chi connectivity index (χ0n) is 12.3. The summed E-state index contributed by atoms with van der Waals surface area (Å²) in [7, 11) is -4.06. The molecule has 2 rings (SSSR count). The van der Waals surface area contributed by atoms with Crippen LogP contribution in [0.4, 0.5) is 4.79 Å². The van der Waals surface area contributed by atoms with Gasteiger partial charge in [-0.15, -0.1) is 0 Å². The summed E-state index contributed by atoms with van der Waals surface area (Å²) >= 11 is 0. The summed E-state index contributed by atoms with van der Waals surface area (Å²) in [6.45, 7) is 2.95. The van der Waals surface area contributed by atoms with Crippen molar-refractivity contribution in [2.24, 2.45) is 0 Å². The van der Waals surface area contributed by atoms with E-state index in [9.17, 15) is 18.0 Å². The van der Waals surface area contributed by atoms with Crippen molar-refractivity contribution >= 4 is 22.1 Å². The fraction of sp³-hybridized carbons (Fsp3) is 0.429. The van der Waals surface area contributed by atoms with Gasteiger partial charge in [0.1, 0.15) is 6.61 Å². The van der Waals surface area contributed by atoms with Gasteiger partial charge in [-0.1, -0.05) is 17.7 Å². The fourth-order valence-electron chi connectivity index (χ4n) is 2.09. The molecule has 1 aliphatic rings. The van der Waals surface area contributed by atoms with Crippen LogP contribution in [-0.2, 0) is 24.3 Å². The predicted molar refractivity (Wildman–Crippen MR) is 76.6 cm³/mol. The summed E-state index contributed by atoms with van der Waals surface area (Å²) in [4.78, 5) is 22.8. The average Bonchev–Trinajstić information content (AvgIpc) is 2.45. The molecule has 1 atom stereocenters. The van der Waals surface area contributed by atoms with Crippen LogP contribution >= 0.6 is 0 Å². The molecule has 1 fully saturated rings. The summed E-state index contributed by atoms with van der Waals surface area (Å²) in [5, 5.41) is 0. The zero-order chi connectivity index (χ0) is 16.3. The van der Waals surface area contributed by atoms with Crippen LogP contribution in [0.3, 0.4) is 0 Å². The molecule has 7 nitrogen and oxygen atoms in total. The van der Waals surface area contributed by atoms with Gasteiger partial charge in [0.05, 0.1) is 17.5 Å². The Hall–Kier alpha value is -2.09. The number of sulfonamides is 1. The van der Waals surface area contributed by atoms with Crippen LogP contribution in [0.15, 0.2) is 29.2 Å². The lowest BCUT2D eigenvalue weighted by Crippen LogP contribution is -2.51. The summed E-state index contributed by atoms with van der Waals surface area (Å²) in [6, 6.07) is 5.37. The number of rotatable bonds is 4. The highest BCUT2D eigenvalue weighted by Crippen LogP contribution is 2.24. The molecule has 1 heterocycles. The fourth-order valence-corrected chi connectivity index (χ4v) is 3.61. The third-order valence-electron chi connectivity index (χ3n) is 3.24. The number of cyclic esters (lactones) is 1. The molecule has 0 radical (unpaired) electrons. The van der Waals surface area contributed by atoms with Gasteiger partial charge in [0, 0.05) is 13.3 Å². The Morgan fingerprint density at radius 1 is 1.36 bits per heavy atom. The van der Waals surface area contributed by atoms with Gasteiger partial charge in [0.25, 0.3) is 10.0 Å². The van der Waals surface area contributed by atoms with Crippen molar-refractivity contribution < 1.29 is 27.5 Å². The molecule has 0 aromatic heterocycles. The Morgan fingerprint density at radius 3 is 2.59 bits per heavy atom. The van der Waals surface area contributed by atoms with Crippen LogP contribution in [-0.4, -0.2) is 44.0 Å². The molecule has 1 aromatic rings. The maximum atomic E-state index is 12.6. The highest BCUT2D eigenvalue weighted by atomic mass is 32.2. The first-order chi connectivity index (χ1) is 10.3. The van der Waals surface area contributed by atoms with Crippen LogP contribution in [0.2, 0.25) is 0 Å². The molecule has 0 bridgehead atoms. The zero-order valence-corrected chi connectivity index (χ0v) is 13.1. The minimum absolute atomic E-state index is 0.00947. The first kappa shape index (κ1) is 16.3. The summed E-state index contributed by atoms with van der Waals surface area (Å²) < 4.78 is 35.6. The number of ether oxygens (including phenoxy) is 2. The van der Waals surface area contributed by atoms with E-state index in [4.69, 9.17) is 9.47 Å². The van der Waals surface area contributed by atoms with Crippen LogP contribution in [0.25, 0.3) is 0 Å². The van der Waals surface area contributed by atoms with Crippen molar-refractivity contribution in [3.05, 3.63) is 29.8 Å². The molecular weight excluding hydrogens is 310 g/mol. The second-order valence-corrected chi connectivity index (χ2v) is 6.79. The van der Waals surface area contributed by atoms with Gasteiger partial charge in [-0.3, -0.25) is 4.79 Å². The summed E-state index contributed by atoms with van der Waals surface area (Å²) in [5.74, 6) is -0.536. The SMILES string of the molecule is CC(=O)OCC1CCOC(=O)N1S(=O)(=O)c1ccc(C)cc1. The maximum Gasteiger partial charge on any atom is 0.424 e. The van der Waals surface area contributed by atoms with Crippen molar-refractivity contribution in [3.8, 4) is 0 Å². The van der Waals surface area contributed by atoms with E-state index in [1.807, 2.05) is 6.92 Å². The number of aryl methyl sites for hydroxylation is 1. The minimum Gasteiger partial charge on any atom is -0.464 e. The van der Waals surface area contributed by atoms with Crippen molar-refractivity contribution in [2.45, 2.75) is 31.2 Å². The van der Waals surface area contributed by atoms with Gasteiger partial charge in [-0.25, -0.2) is 13.2 Å². The number of esters is 1. The Labute approximate surface area is 128 Å². The second kappa shape index (κ2) is 6.35.